The Balaban J connectivity index is 1.33. The van der Waals surface area contributed by atoms with Gasteiger partial charge in [-0.15, -0.1) is 0 Å². The van der Waals surface area contributed by atoms with Crippen LogP contribution in [0.25, 0.3) is 33.6 Å². The molecule has 0 radical (unpaired) electrons. The number of pyridine rings is 1. The second kappa shape index (κ2) is 7.37. The first-order valence-corrected chi connectivity index (χ1v) is 12.6. The molecule has 2 N–H and O–H groups in total. The molecule has 1 aromatic carbocycles. The normalized spacial score (nSPS) is 23.8. The first kappa shape index (κ1) is 21.1. The van der Waals surface area contributed by atoms with E-state index in [0.29, 0.717) is 40.8 Å². The van der Waals surface area contributed by atoms with Crippen LogP contribution in [0, 0.1) is 24.6 Å². The Morgan fingerprint density at radius 2 is 2.00 bits per heavy atom. The van der Waals surface area contributed by atoms with Crippen molar-refractivity contribution in [2.45, 2.75) is 51.2 Å². The van der Waals surface area contributed by atoms with Crippen LogP contribution in [0.1, 0.15) is 41.6 Å². The number of fused-ring (bicyclic) bond motifs is 4. The molecule has 180 valence electrons. The molecular formula is C27H29FN6O. The summed E-state index contributed by atoms with van der Waals surface area (Å²) >= 11 is 0. The lowest BCUT2D eigenvalue weighted by Crippen LogP contribution is -2.41. The third-order valence-corrected chi connectivity index (χ3v) is 8.32. The summed E-state index contributed by atoms with van der Waals surface area (Å²) in [7, 11) is 1.84. The van der Waals surface area contributed by atoms with E-state index in [1.54, 1.807) is 10.6 Å². The largest absolute Gasteiger partial charge is 0.334 e. The van der Waals surface area contributed by atoms with Crippen LogP contribution in [0.15, 0.2) is 30.5 Å². The Hall–Kier alpha value is -3.26. The molecular weight excluding hydrogens is 443 g/mol. The van der Waals surface area contributed by atoms with Crippen LogP contribution in [0.4, 0.5) is 4.39 Å². The number of amides is 1. The van der Waals surface area contributed by atoms with E-state index in [1.165, 1.54) is 18.9 Å². The molecule has 0 spiro atoms. The lowest BCUT2D eigenvalue weighted by Gasteiger charge is -2.27. The second-order valence-corrected chi connectivity index (χ2v) is 10.8. The van der Waals surface area contributed by atoms with Gasteiger partial charge in [-0.1, -0.05) is 0 Å². The van der Waals surface area contributed by atoms with Gasteiger partial charge in [0, 0.05) is 49.4 Å². The summed E-state index contributed by atoms with van der Waals surface area (Å²) in [4.78, 5) is 24.7. The predicted molar refractivity (Wildman–Crippen MR) is 132 cm³/mol. The zero-order chi connectivity index (χ0) is 24.0. The third-order valence-electron chi connectivity index (χ3n) is 8.32. The number of nitrogens with zero attached hydrogens (tertiary/aromatic N) is 5. The first-order valence-electron chi connectivity index (χ1n) is 12.6. The lowest BCUT2D eigenvalue weighted by atomic mass is 10.1. The number of piperidine rings is 1. The molecule has 7 nitrogen and oxygen atoms in total. The minimum absolute atomic E-state index is 0.0274. The molecule has 1 amide bonds. The quantitative estimate of drug-likeness (QED) is 0.487. The average Bonchev–Trinajstić information content (AvgIpc) is 3.24. The molecule has 1 saturated heterocycles. The molecule has 2 saturated carbocycles. The molecule has 3 aliphatic rings. The van der Waals surface area contributed by atoms with Gasteiger partial charge in [0.25, 0.3) is 5.91 Å². The summed E-state index contributed by atoms with van der Waals surface area (Å²) in [5, 5.41) is 1.06. The number of halogens is 1. The molecule has 35 heavy (non-hydrogen) atoms. The van der Waals surface area contributed by atoms with Crippen molar-refractivity contribution in [3.8, 4) is 11.5 Å². The van der Waals surface area contributed by atoms with E-state index < -0.39 is 5.82 Å². The molecule has 3 aromatic heterocycles. The van der Waals surface area contributed by atoms with Crippen molar-refractivity contribution >= 4 is 28.0 Å². The molecule has 0 unspecified atom stereocenters. The summed E-state index contributed by atoms with van der Waals surface area (Å²) in [6.45, 7) is 3.57. The van der Waals surface area contributed by atoms with Gasteiger partial charge in [0.05, 0.1) is 11.2 Å². The fraction of sp³-hybridized carbons (Fsp3) is 0.444. The summed E-state index contributed by atoms with van der Waals surface area (Å²) in [6.07, 6.45) is 6.31. The van der Waals surface area contributed by atoms with E-state index in [1.807, 2.05) is 25.1 Å². The first-order chi connectivity index (χ1) is 16.9. The topological polar surface area (TPSA) is 82.0 Å². The molecule has 2 aliphatic carbocycles. The molecule has 1 aliphatic heterocycles. The van der Waals surface area contributed by atoms with Crippen molar-refractivity contribution in [1.29, 1.82) is 0 Å². The number of aryl methyl sites for hydroxylation is 2. The number of likely N-dealkylation sites (tertiary alicyclic amines) is 1. The van der Waals surface area contributed by atoms with Crippen LogP contribution in [-0.4, -0.2) is 48.5 Å². The summed E-state index contributed by atoms with van der Waals surface area (Å²) in [5.74, 6) is 1.10. The molecule has 4 heterocycles. The van der Waals surface area contributed by atoms with Crippen molar-refractivity contribution in [2.24, 2.45) is 24.6 Å². The third kappa shape index (κ3) is 3.15. The monoisotopic (exact) mass is 472 g/mol. The SMILES string of the molecule is Cc1cnc2c(c1)cc(-c1nc3cc(C(=O)N4C[C@H]5CC[C@@H]4[C@@H]5N)cc(F)c3n1C)n2CC1CC1. The van der Waals surface area contributed by atoms with E-state index in [4.69, 9.17) is 15.7 Å². The second-order valence-electron chi connectivity index (χ2n) is 10.8. The predicted octanol–water partition coefficient (Wildman–Crippen LogP) is 4.01. The highest BCUT2D eigenvalue weighted by Crippen LogP contribution is 2.39. The Morgan fingerprint density at radius 3 is 2.71 bits per heavy atom. The number of rotatable bonds is 4. The van der Waals surface area contributed by atoms with Crippen LogP contribution < -0.4 is 5.73 Å². The highest BCUT2D eigenvalue weighted by Gasteiger charge is 2.47. The maximum atomic E-state index is 15.5. The molecule has 8 heteroatoms. The van der Waals surface area contributed by atoms with Crippen molar-refractivity contribution in [1.82, 2.24) is 24.0 Å². The zero-order valence-corrected chi connectivity index (χ0v) is 20.0. The summed E-state index contributed by atoms with van der Waals surface area (Å²) < 4.78 is 19.5. The number of benzene rings is 1. The van der Waals surface area contributed by atoms with Gasteiger partial charge < -0.3 is 19.8 Å². The van der Waals surface area contributed by atoms with Gasteiger partial charge in [0.2, 0.25) is 0 Å². The van der Waals surface area contributed by atoms with Gasteiger partial charge in [-0.05, 0) is 74.3 Å². The molecule has 3 atom stereocenters. The smallest absolute Gasteiger partial charge is 0.254 e. The lowest BCUT2D eigenvalue weighted by molar-refractivity contribution is 0.0700. The Bertz CT molecular complexity index is 1520. The van der Waals surface area contributed by atoms with Crippen LogP contribution in [-0.2, 0) is 13.6 Å². The Morgan fingerprint density at radius 1 is 1.17 bits per heavy atom. The fourth-order valence-corrected chi connectivity index (χ4v) is 6.28. The van der Waals surface area contributed by atoms with Crippen molar-refractivity contribution < 1.29 is 9.18 Å². The van der Waals surface area contributed by atoms with E-state index in [-0.39, 0.29) is 18.0 Å². The summed E-state index contributed by atoms with van der Waals surface area (Å²) in [5.41, 5.74) is 10.5. The maximum absolute atomic E-state index is 15.5. The minimum Gasteiger partial charge on any atom is -0.334 e. The number of nitrogens with two attached hydrogens (primary N) is 1. The van der Waals surface area contributed by atoms with Gasteiger partial charge in [0.15, 0.2) is 5.82 Å². The Kier molecular flexibility index (Phi) is 4.43. The van der Waals surface area contributed by atoms with Crippen LogP contribution in [0.2, 0.25) is 0 Å². The minimum atomic E-state index is -0.431. The molecule has 2 bridgehead atoms. The number of hydrogen-bond donors (Lipinski definition) is 1. The van der Waals surface area contributed by atoms with Gasteiger partial charge >= 0.3 is 0 Å². The van der Waals surface area contributed by atoms with Crippen LogP contribution >= 0.6 is 0 Å². The van der Waals surface area contributed by atoms with Crippen molar-refractivity contribution in [3.63, 3.8) is 0 Å². The number of aromatic nitrogens is 4. The van der Waals surface area contributed by atoms with E-state index in [2.05, 4.69) is 16.7 Å². The number of imidazole rings is 1. The zero-order valence-electron chi connectivity index (χ0n) is 20.0. The van der Waals surface area contributed by atoms with E-state index in [9.17, 15) is 4.79 Å². The highest BCUT2D eigenvalue weighted by molar-refractivity contribution is 5.98. The van der Waals surface area contributed by atoms with E-state index in [0.717, 1.165) is 41.7 Å². The van der Waals surface area contributed by atoms with Crippen molar-refractivity contribution in [3.05, 3.63) is 47.4 Å². The van der Waals surface area contributed by atoms with Crippen LogP contribution in [0.3, 0.4) is 0 Å². The van der Waals surface area contributed by atoms with Gasteiger partial charge in [-0.3, -0.25) is 4.79 Å². The number of hydrogen-bond acceptors (Lipinski definition) is 4. The number of carbonyl (C=O) groups is 1. The highest BCUT2D eigenvalue weighted by atomic mass is 19.1. The van der Waals surface area contributed by atoms with Crippen LogP contribution in [0.5, 0.6) is 0 Å². The van der Waals surface area contributed by atoms with Gasteiger partial charge in [0.1, 0.15) is 17.0 Å². The molecule has 3 fully saturated rings. The Labute approximate surface area is 202 Å². The van der Waals surface area contributed by atoms with Crippen molar-refractivity contribution in [2.75, 3.05) is 6.54 Å². The fourth-order valence-electron chi connectivity index (χ4n) is 6.28. The standard InChI is InChI=1S/C27H29FN6O/c1-14-7-17-10-22(33(12-15-3-4-15)25(17)30-11-14)26-31-20-9-18(8-19(28)24(20)32(26)2)27(35)34-13-16-5-6-21(34)23(16)29/h7-11,15-16,21,23H,3-6,12-13,29H2,1-2H3/t16-,21-,23-/m1/s1. The molecule has 4 aromatic rings. The van der Waals surface area contributed by atoms with E-state index >= 15 is 4.39 Å². The van der Waals surface area contributed by atoms with Gasteiger partial charge in [-0.25, -0.2) is 14.4 Å². The maximum Gasteiger partial charge on any atom is 0.254 e. The average molecular weight is 473 g/mol. The summed E-state index contributed by atoms with van der Waals surface area (Å²) in [6, 6.07) is 7.41. The molecule has 7 rings (SSSR count). The van der Waals surface area contributed by atoms with Gasteiger partial charge in [-0.2, -0.15) is 0 Å². The number of carbonyl (C=O) groups excluding carboxylic acids is 1.